The minimum Gasteiger partial charge on any atom is -0.423 e. The van der Waals surface area contributed by atoms with Crippen LogP contribution in [0.3, 0.4) is 0 Å². The smallest absolute Gasteiger partial charge is 0.336 e. The van der Waals surface area contributed by atoms with Crippen LogP contribution in [-0.4, -0.2) is 11.7 Å². The lowest BCUT2D eigenvalue weighted by Gasteiger charge is -2.07. The zero-order valence-electron chi connectivity index (χ0n) is 12.8. The molecular weight excluding hydrogens is 329 g/mol. The fourth-order valence-corrected chi connectivity index (χ4v) is 2.98. The van der Waals surface area contributed by atoms with Crippen LogP contribution in [0.2, 0.25) is 0 Å². The van der Waals surface area contributed by atoms with Crippen LogP contribution in [0, 0.1) is 12.7 Å². The van der Waals surface area contributed by atoms with Gasteiger partial charge in [0.05, 0.1) is 5.75 Å². The molecule has 0 aliphatic heterocycles. The van der Waals surface area contributed by atoms with Gasteiger partial charge in [0.1, 0.15) is 11.4 Å². The summed E-state index contributed by atoms with van der Waals surface area (Å²) in [6.45, 7) is 1.83. The van der Waals surface area contributed by atoms with Crippen molar-refractivity contribution in [1.29, 1.82) is 0 Å². The van der Waals surface area contributed by atoms with E-state index in [-0.39, 0.29) is 17.5 Å². The monoisotopic (exact) mass is 343 g/mol. The summed E-state index contributed by atoms with van der Waals surface area (Å²) < 4.78 is 18.0. The zero-order valence-corrected chi connectivity index (χ0v) is 13.7. The van der Waals surface area contributed by atoms with Crippen molar-refractivity contribution in [2.24, 2.45) is 0 Å². The Bertz CT molecular complexity index is 951. The molecular formula is C18H14FNO3S. The Balaban J connectivity index is 1.69. The van der Waals surface area contributed by atoms with E-state index in [0.717, 1.165) is 15.8 Å². The molecule has 0 aliphatic rings. The van der Waals surface area contributed by atoms with Crippen LogP contribution in [-0.2, 0) is 4.79 Å². The highest BCUT2D eigenvalue weighted by atomic mass is 32.2. The molecule has 1 aromatic heterocycles. The van der Waals surface area contributed by atoms with E-state index < -0.39 is 5.63 Å². The van der Waals surface area contributed by atoms with Crippen molar-refractivity contribution in [3.8, 4) is 0 Å². The van der Waals surface area contributed by atoms with Gasteiger partial charge in [0, 0.05) is 28.1 Å². The van der Waals surface area contributed by atoms with Gasteiger partial charge in [-0.15, -0.1) is 11.8 Å². The first-order chi connectivity index (χ1) is 11.5. The van der Waals surface area contributed by atoms with Crippen molar-refractivity contribution in [3.05, 3.63) is 70.3 Å². The molecule has 4 nitrogen and oxygen atoms in total. The maximum Gasteiger partial charge on any atom is 0.336 e. The highest BCUT2D eigenvalue weighted by Crippen LogP contribution is 2.22. The molecule has 1 amide bonds. The summed E-state index contributed by atoms with van der Waals surface area (Å²) in [5, 5.41) is 3.59. The molecule has 3 aromatic rings. The Morgan fingerprint density at radius 3 is 2.67 bits per heavy atom. The highest BCUT2D eigenvalue weighted by molar-refractivity contribution is 8.00. The number of nitrogens with one attached hydrogen (secondary N) is 1. The van der Waals surface area contributed by atoms with Gasteiger partial charge in [-0.2, -0.15) is 0 Å². The maximum atomic E-state index is 12.8. The predicted molar refractivity (Wildman–Crippen MR) is 93.0 cm³/mol. The number of rotatable bonds is 4. The number of carbonyl (C=O) groups is 1. The van der Waals surface area contributed by atoms with E-state index in [2.05, 4.69) is 5.32 Å². The Morgan fingerprint density at radius 2 is 1.92 bits per heavy atom. The Kier molecular flexibility index (Phi) is 4.66. The van der Waals surface area contributed by atoms with Gasteiger partial charge in [0.25, 0.3) is 0 Å². The average Bonchev–Trinajstić information content (AvgIpc) is 2.54. The second kappa shape index (κ2) is 6.88. The molecule has 2 aromatic carbocycles. The van der Waals surface area contributed by atoms with Gasteiger partial charge in [-0.05, 0) is 48.9 Å². The van der Waals surface area contributed by atoms with Crippen molar-refractivity contribution >= 4 is 34.3 Å². The first kappa shape index (κ1) is 16.3. The van der Waals surface area contributed by atoms with Crippen molar-refractivity contribution in [2.75, 3.05) is 11.1 Å². The van der Waals surface area contributed by atoms with Crippen LogP contribution in [0.1, 0.15) is 5.56 Å². The summed E-state index contributed by atoms with van der Waals surface area (Å²) in [5.74, 6) is -0.308. The lowest BCUT2D eigenvalue weighted by Crippen LogP contribution is -2.14. The van der Waals surface area contributed by atoms with Gasteiger partial charge in [-0.1, -0.05) is 0 Å². The number of amides is 1. The van der Waals surface area contributed by atoms with E-state index in [4.69, 9.17) is 4.42 Å². The largest absolute Gasteiger partial charge is 0.423 e. The fourth-order valence-electron chi connectivity index (χ4n) is 2.28. The third-order valence-corrected chi connectivity index (χ3v) is 4.43. The summed E-state index contributed by atoms with van der Waals surface area (Å²) in [6.07, 6.45) is 0. The van der Waals surface area contributed by atoms with E-state index >= 15 is 0 Å². The summed E-state index contributed by atoms with van der Waals surface area (Å²) in [7, 11) is 0. The Morgan fingerprint density at radius 1 is 1.17 bits per heavy atom. The summed E-state index contributed by atoms with van der Waals surface area (Å²) in [4.78, 5) is 24.3. The van der Waals surface area contributed by atoms with E-state index in [1.54, 1.807) is 30.3 Å². The number of hydrogen-bond acceptors (Lipinski definition) is 4. The van der Waals surface area contributed by atoms with Crippen LogP contribution in [0.15, 0.2) is 62.6 Å². The third kappa shape index (κ3) is 3.83. The Labute approximate surface area is 141 Å². The van der Waals surface area contributed by atoms with Gasteiger partial charge in [0.2, 0.25) is 5.91 Å². The van der Waals surface area contributed by atoms with Crippen LogP contribution >= 0.6 is 11.8 Å². The van der Waals surface area contributed by atoms with Crippen molar-refractivity contribution in [1.82, 2.24) is 0 Å². The van der Waals surface area contributed by atoms with Crippen LogP contribution in [0.4, 0.5) is 10.1 Å². The standard InChI is InChI=1S/C18H14FNO3S/c1-11-8-18(22)23-16-9-13(4-7-15(11)16)20-17(21)10-24-14-5-2-12(19)3-6-14/h2-9H,10H2,1H3,(H,20,21). The summed E-state index contributed by atoms with van der Waals surface area (Å²) in [6, 6.07) is 12.6. The SMILES string of the molecule is Cc1cc(=O)oc2cc(NC(=O)CSc3ccc(F)cc3)ccc12. The van der Waals surface area contributed by atoms with Gasteiger partial charge < -0.3 is 9.73 Å². The number of benzene rings is 2. The number of carbonyl (C=O) groups excluding carboxylic acids is 1. The lowest BCUT2D eigenvalue weighted by atomic mass is 10.1. The molecule has 0 bridgehead atoms. The molecule has 0 atom stereocenters. The van der Waals surface area contributed by atoms with Crippen LogP contribution in [0.5, 0.6) is 0 Å². The first-order valence-electron chi connectivity index (χ1n) is 7.24. The van der Waals surface area contributed by atoms with Crippen molar-refractivity contribution < 1.29 is 13.6 Å². The molecule has 6 heteroatoms. The molecule has 24 heavy (non-hydrogen) atoms. The molecule has 0 aliphatic carbocycles. The number of anilines is 1. The second-order valence-corrected chi connectivity index (χ2v) is 6.30. The third-order valence-electron chi connectivity index (χ3n) is 3.42. The molecule has 1 N–H and O–H groups in total. The maximum absolute atomic E-state index is 12.8. The topological polar surface area (TPSA) is 59.3 Å². The number of hydrogen-bond donors (Lipinski definition) is 1. The molecule has 1 heterocycles. The quantitative estimate of drug-likeness (QED) is 0.575. The van der Waals surface area contributed by atoms with Gasteiger partial charge in [-0.25, -0.2) is 9.18 Å². The van der Waals surface area contributed by atoms with E-state index in [0.29, 0.717) is 11.3 Å². The lowest BCUT2D eigenvalue weighted by molar-refractivity contribution is -0.113. The van der Waals surface area contributed by atoms with Gasteiger partial charge in [-0.3, -0.25) is 4.79 Å². The molecule has 122 valence electrons. The van der Waals surface area contributed by atoms with Crippen LogP contribution < -0.4 is 10.9 Å². The number of thioether (sulfide) groups is 1. The molecule has 0 saturated heterocycles. The first-order valence-corrected chi connectivity index (χ1v) is 8.22. The normalized spacial score (nSPS) is 10.8. The predicted octanol–water partition coefficient (Wildman–Crippen LogP) is 3.97. The number of halogens is 1. The fraction of sp³-hybridized carbons (Fsp3) is 0.111. The zero-order chi connectivity index (χ0) is 17.1. The number of aryl methyl sites for hydroxylation is 1. The summed E-state index contributed by atoms with van der Waals surface area (Å²) in [5.41, 5.74) is 1.39. The van der Waals surface area contributed by atoms with Crippen molar-refractivity contribution in [2.45, 2.75) is 11.8 Å². The second-order valence-electron chi connectivity index (χ2n) is 5.25. The molecule has 3 rings (SSSR count). The Hall–Kier alpha value is -2.60. The number of fused-ring (bicyclic) bond motifs is 1. The van der Waals surface area contributed by atoms with Gasteiger partial charge in [0.15, 0.2) is 0 Å². The average molecular weight is 343 g/mol. The van der Waals surface area contributed by atoms with Crippen molar-refractivity contribution in [3.63, 3.8) is 0 Å². The minimum absolute atomic E-state index is 0.196. The van der Waals surface area contributed by atoms with E-state index in [1.807, 2.05) is 6.92 Å². The summed E-state index contributed by atoms with van der Waals surface area (Å²) >= 11 is 1.31. The molecule has 0 radical (unpaired) electrons. The highest BCUT2D eigenvalue weighted by Gasteiger charge is 2.07. The molecule has 0 spiro atoms. The van der Waals surface area contributed by atoms with Crippen LogP contribution in [0.25, 0.3) is 11.0 Å². The van der Waals surface area contributed by atoms with E-state index in [9.17, 15) is 14.0 Å². The molecule has 0 saturated carbocycles. The molecule has 0 fully saturated rings. The molecule has 0 unspecified atom stereocenters. The van der Waals surface area contributed by atoms with Gasteiger partial charge >= 0.3 is 5.63 Å². The van der Waals surface area contributed by atoms with E-state index in [1.165, 1.54) is 30.0 Å². The minimum atomic E-state index is -0.421.